The number of hydrogen-bond donors (Lipinski definition) is 0. The van der Waals surface area contributed by atoms with Gasteiger partial charge >= 0.3 is 5.97 Å². The van der Waals surface area contributed by atoms with Crippen LogP contribution in [0, 0.1) is 6.92 Å². The lowest BCUT2D eigenvalue weighted by molar-refractivity contribution is 0.0596. The molecule has 2 rings (SSSR count). The lowest BCUT2D eigenvalue weighted by Gasteiger charge is -2.11. The minimum absolute atomic E-state index is 0.394. The molecular formula is C14H16N2O3. The third kappa shape index (κ3) is 3.13. The molecule has 1 aromatic carbocycles. The molecule has 0 aliphatic rings. The quantitative estimate of drug-likeness (QED) is 0.772. The molecule has 0 amide bonds. The van der Waals surface area contributed by atoms with E-state index in [-0.39, 0.29) is 0 Å². The van der Waals surface area contributed by atoms with E-state index in [1.165, 1.54) is 7.11 Å². The monoisotopic (exact) mass is 260 g/mol. The van der Waals surface area contributed by atoms with Crippen molar-refractivity contribution in [3.8, 4) is 5.75 Å². The first kappa shape index (κ1) is 13.1. The molecule has 100 valence electrons. The van der Waals surface area contributed by atoms with E-state index in [1.54, 1.807) is 24.4 Å². The van der Waals surface area contributed by atoms with Gasteiger partial charge in [-0.15, -0.1) is 0 Å². The number of ether oxygens (including phenoxy) is 2. The smallest absolute Gasteiger partial charge is 0.341 e. The summed E-state index contributed by atoms with van der Waals surface area (Å²) in [5.74, 6) is 1.08. The Hall–Kier alpha value is -2.30. The number of carbonyl (C=O) groups excluding carboxylic acids is 1. The van der Waals surface area contributed by atoms with Gasteiger partial charge in [-0.2, -0.15) is 0 Å². The SMILES string of the molecule is COC(=O)c1ccccc1OCCn1ccnc1C. The first-order chi connectivity index (χ1) is 9.22. The molecule has 0 N–H and O–H groups in total. The summed E-state index contributed by atoms with van der Waals surface area (Å²) in [4.78, 5) is 15.7. The zero-order valence-electron chi connectivity index (χ0n) is 11.0. The minimum atomic E-state index is -0.394. The molecule has 0 spiro atoms. The summed E-state index contributed by atoms with van der Waals surface area (Å²) in [6, 6.07) is 7.04. The Morgan fingerprint density at radius 2 is 2.16 bits per heavy atom. The van der Waals surface area contributed by atoms with Gasteiger partial charge in [0.2, 0.25) is 0 Å². The molecule has 0 radical (unpaired) electrons. The molecule has 0 atom stereocenters. The second kappa shape index (κ2) is 6.04. The van der Waals surface area contributed by atoms with E-state index in [0.29, 0.717) is 24.5 Å². The van der Waals surface area contributed by atoms with Crippen molar-refractivity contribution >= 4 is 5.97 Å². The number of carbonyl (C=O) groups is 1. The van der Waals surface area contributed by atoms with E-state index < -0.39 is 5.97 Å². The standard InChI is InChI=1S/C14H16N2O3/c1-11-15-7-8-16(11)9-10-19-13-6-4-3-5-12(13)14(17)18-2/h3-8H,9-10H2,1-2H3. The van der Waals surface area contributed by atoms with E-state index in [2.05, 4.69) is 4.98 Å². The van der Waals surface area contributed by atoms with Gasteiger partial charge in [-0.25, -0.2) is 9.78 Å². The summed E-state index contributed by atoms with van der Waals surface area (Å²) in [6.45, 7) is 3.08. The number of para-hydroxylation sites is 1. The van der Waals surface area contributed by atoms with Gasteiger partial charge < -0.3 is 14.0 Å². The molecule has 5 heteroatoms. The maximum atomic E-state index is 11.6. The zero-order chi connectivity index (χ0) is 13.7. The lowest BCUT2D eigenvalue weighted by atomic mass is 10.2. The van der Waals surface area contributed by atoms with Gasteiger partial charge in [0.1, 0.15) is 23.7 Å². The van der Waals surface area contributed by atoms with Gasteiger partial charge in [0.15, 0.2) is 0 Å². The summed E-state index contributed by atoms with van der Waals surface area (Å²) < 4.78 is 12.3. The summed E-state index contributed by atoms with van der Waals surface area (Å²) in [5, 5.41) is 0. The Kier molecular flexibility index (Phi) is 4.18. The first-order valence-corrected chi connectivity index (χ1v) is 6.00. The van der Waals surface area contributed by atoms with Gasteiger partial charge in [0.05, 0.1) is 13.7 Å². The maximum absolute atomic E-state index is 11.6. The van der Waals surface area contributed by atoms with Crippen molar-refractivity contribution in [2.24, 2.45) is 0 Å². The minimum Gasteiger partial charge on any atom is -0.491 e. The third-order valence-electron chi connectivity index (χ3n) is 2.81. The number of nitrogens with zero attached hydrogens (tertiary/aromatic N) is 2. The molecule has 0 bridgehead atoms. The molecule has 0 saturated heterocycles. The number of benzene rings is 1. The Labute approximate surface area is 111 Å². The number of imidazole rings is 1. The molecule has 0 aliphatic carbocycles. The largest absolute Gasteiger partial charge is 0.491 e. The van der Waals surface area contributed by atoms with Crippen molar-refractivity contribution in [2.45, 2.75) is 13.5 Å². The Balaban J connectivity index is 2.00. The number of aromatic nitrogens is 2. The first-order valence-electron chi connectivity index (χ1n) is 6.00. The molecule has 2 aromatic rings. The fourth-order valence-corrected chi connectivity index (χ4v) is 1.77. The Morgan fingerprint density at radius 1 is 1.37 bits per heavy atom. The van der Waals surface area contributed by atoms with Crippen molar-refractivity contribution in [3.05, 3.63) is 48.0 Å². The van der Waals surface area contributed by atoms with Gasteiger partial charge in [-0.05, 0) is 19.1 Å². The summed E-state index contributed by atoms with van der Waals surface area (Å²) in [6.07, 6.45) is 3.64. The summed E-state index contributed by atoms with van der Waals surface area (Å²) in [7, 11) is 1.36. The van der Waals surface area contributed by atoms with E-state index in [1.807, 2.05) is 23.8 Å². The van der Waals surface area contributed by atoms with Crippen LogP contribution in [-0.2, 0) is 11.3 Å². The molecule has 1 aromatic heterocycles. The molecule has 0 aliphatic heterocycles. The van der Waals surface area contributed by atoms with Crippen LogP contribution in [0.4, 0.5) is 0 Å². The van der Waals surface area contributed by atoms with Gasteiger partial charge in [0, 0.05) is 12.4 Å². The highest BCUT2D eigenvalue weighted by Gasteiger charge is 2.11. The van der Waals surface area contributed by atoms with Crippen LogP contribution in [0.3, 0.4) is 0 Å². The summed E-state index contributed by atoms with van der Waals surface area (Å²) >= 11 is 0. The van der Waals surface area contributed by atoms with Crippen LogP contribution >= 0.6 is 0 Å². The Morgan fingerprint density at radius 3 is 2.84 bits per heavy atom. The molecule has 0 unspecified atom stereocenters. The van der Waals surface area contributed by atoms with Crippen LogP contribution in [0.5, 0.6) is 5.75 Å². The zero-order valence-corrected chi connectivity index (χ0v) is 11.0. The van der Waals surface area contributed by atoms with E-state index in [0.717, 1.165) is 5.82 Å². The molecule has 5 nitrogen and oxygen atoms in total. The fraction of sp³-hybridized carbons (Fsp3) is 0.286. The van der Waals surface area contributed by atoms with Crippen molar-refractivity contribution in [1.82, 2.24) is 9.55 Å². The van der Waals surface area contributed by atoms with Crippen LogP contribution in [0.1, 0.15) is 16.2 Å². The highest BCUT2D eigenvalue weighted by atomic mass is 16.5. The van der Waals surface area contributed by atoms with Gasteiger partial charge in [-0.3, -0.25) is 0 Å². The highest BCUT2D eigenvalue weighted by molar-refractivity contribution is 5.92. The average Bonchev–Trinajstić information content (AvgIpc) is 2.84. The van der Waals surface area contributed by atoms with Gasteiger partial charge in [0.25, 0.3) is 0 Å². The highest BCUT2D eigenvalue weighted by Crippen LogP contribution is 2.18. The number of rotatable bonds is 5. The van der Waals surface area contributed by atoms with E-state index in [9.17, 15) is 4.79 Å². The van der Waals surface area contributed by atoms with Crippen molar-refractivity contribution in [1.29, 1.82) is 0 Å². The molecule has 0 saturated carbocycles. The fourth-order valence-electron chi connectivity index (χ4n) is 1.77. The van der Waals surface area contributed by atoms with Gasteiger partial charge in [-0.1, -0.05) is 12.1 Å². The molecule has 0 fully saturated rings. The average molecular weight is 260 g/mol. The number of esters is 1. The predicted molar refractivity (Wildman–Crippen MR) is 70.2 cm³/mol. The topological polar surface area (TPSA) is 53.4 Å². The number of hydrogen-bond acceptors (Lipinski definition) is 4. The number of methoxy groups -OCH3 is 1. The van der Waals surface area contributed by atoms with Crippen LogP contribution in [0.2, 0.25) is 0 Å². The van der Waals surface area contributed by atoms with Crippen LogP contribution in [0.25, 0.3) is 0 Å². The molecule has 19 heavy (non-hydrogen) atoms. The predicted octanol–water partition coefficient (Wildman–Crippen LogP) is 2.06. The number of aryl methyl sites for hydroxylation is 1. The maximum Gasteiger partial charge on any atom is 0.341 e. The van der Waals surface area contributed by atoms with Crippen LogP contribution in [0.15, 0.2) is 36.7 Å². The molecular weight excluding hydrogens is 244 g/mol. The van der Waals surface area contributed by atoms with Crippen molar-refractivity contribution < 1.29 is 14.3 Å². The second-order valence-electron chi connectivity index (χ2n) is 4.00. The third-order valence-corrected chi connectivity index (χ3v) is 2.81. The molecule has 1 heterocycles. The normalized spacial score (nSPS) is 10.2. The van der Waals surface area contributed by atoms with Crippen LogP contribution < -0.4 is 4.74 Å². The van der Waals surface area contributed by atoms with Crippen LogP contribution in [-0.4, -0.2) is 29.2 Å². The van der Waals surface area contributed by atoms with E-state index in [4.69, 9.17) is 9.47 Å². The van der Waals surface area contributed by atoms with Crippen molar-refractivity contribution in [3.63, 3.8) is 0 Å². The lowest BCUT2D eigenvalue weighted by Crippen LogP contribution is -2.11. The second-order valence-corrected chi connectivity index (χ2v) is 4.00. The van der Waals surface area contributed by atoms with E-state index >= 15 is 0 Å². The summed E-state index contributed by atoms with van der Waals surface area (Å²) in [5.41, 5.74) is 0.437. The Bertz CT molecular complexity index is 563. The van der Waals surface area contributed by atoms with Crippen molar-refractivity contribution in [2.75, 3.05) is 13.7 Å².